The molecule has 0 spiro atoms. The molecule has 0 amide bonds. The van der Waals surface area contributed by atoms with E-state index in [4.69, 9.17) is 0 Å². The van der Waals surface area contributed by atoms with Gasteiger partial charge in [0, 0.05) is 30.5 Å². The number of imidazole rings is 1. The number of rotatable bonds is 5. The van der Waals surface area contributed by atoms with Crippen molar-refractivity contribution < 1.29 is 39.3 Å². The Morgan fingerprint density at radius 3 is 2.31 bits per heavy atom. The van der Waals surface area contributed by atoms with Crippen LogP contribution >= 0.6 is 0 Å². The zero-order valence-corrected chi connectivity index (χ0v) is 18.0. The lowest BCUT2D eigenvalue weighted by Crippen LogP contribution is -2.23. The summed E-state index contributed by atoms with van der Waals surface area (Å²) >= 11 is -2.51. The number of hydrogen-bond donors (Lipinski definition) is 0. The third kappa shape index (κ3) is 4.83. The lowest BCUT2D eigenvalue weighted by molar-refractivity contribution is -0.138. The van der Waals surface area contributed by atoms with Gasteiger partial charge in [-0.3, -0.25) is 4.98 Å². The van der Waals surface area contributed by atoms with Gasteiger partial charge in [0.2, 0.25) is 10.8 Å². The molecule has 1 atom stereocenters. The van der Waals surface area contributed by atoms with E-state index >= 15 is 0 Å². The molecule has 0 N–H and O–H groups in total. The molecule has 15 heteroatoms. The number of pyridine rings is 2. The molecule has 3 aromatic rings. The SMILES string of the molecule is CCS(=O)(=O)c1cc(C(F)(F)F)cnc1-c1nc2cc([S+]([O-])CC(F)(F)F)ncc2n1C. The van der Waals surface area contributed by atoms with Crippen molar-refractivity contribution in [3.8, 4) is 11.5 Å². The monoisotopic (exact) mass is 500 g/mol. The second kappa shape index (κ2) is 8.19. The Bertz CT molecular complexity index is 1270. The molecule has 0 radical (unpaired) electrons. The maximum absolute atomic E-state index is 13.1. The molecule has 0 fully saturated rings. The molecule has 0 aliphatic heterocycles. The Morgan fingerprint density at radius 2 is 1.75 bits per heavy atom. The van der Waals surface area contributed by atoms with Crippen molar-refractivity contribution in [2.45, 2.75) is 29.2 Å². The number of hydrogen-bond acceptors (Lipinski definition) is 6. The lowest BCUT2D eigenvalue weighted by Gasteiger charge is -2.12. The van der Waals surface area contributed by atoms with Crippen LogP contribution in [0.1, 0.15) is 12.5 Å². The third-order valence-electron chi connectivity index (χ3n) is 4.38. The highest BCUT2D eigenvalue weighted by Crippen LogP contribution is 2.35. The van der Waals surface area contributed by atoms with Crippen LogP contribution in [0.25, 0.3) is 22.6 Å². The second-order valence-corrected chi connectivity index (χ2v) is 10.2. The molecular formula is C17H14F6N4O3S2. The fourth-order valence-electron chi connectivity index (χ4n) is 2.79. The van der Waals surface area contributed by atoms with Crippen molar-refractivity contribution in [2.75, 3.05) is 11.5 Å². The molecule has 3 aromatic heterocycles. The van der Waals surface area contributed by atoms with Crippen molar-refractivity contribution in [3.63, 3.8) is 0 Å². The summed E-state index contributed by atoms with van der Waals surface area (Å²) in [5.41, 5.74) is -1.39. The van der Waals surface area contributed by atoms with Gasteiger partial charge in [-0.2, -0.15) is 26.3 Å². The molecule has 3 rings (SSSR count). The van der Waals surface area contributed by atoms with Gasteiger partial charge in [-0.1, -0.05) is 6.92 Å². The maximum Gasteiger partial charge on any atom is 0.433 e. The Morgan fingerprint density at radius 1 is 1.09 bits per heavy atom. The molecule has 0 saturated heterocycles. The Balaban J connectivity index is 2.18. The first-order valence-electron chi connectivity index (χ1n) is 8.72. The fraction of sp³-hybridized carbons (Fsp3) is 0.353. The van der Waals surface area contributed by atoms with Gasteiger partial charge in [0.25, 0.3) is 0 Å². The quantitative estimate of drug-likeness (QED) is 0.393. The van der Waals surface area contributed by atoms with Crippen LogP contribution in [0.4, 0.5) is 26.3 Å². The van der Waals surface area contributed by atoms with E-state index in [-0.39, 0.29) is 22.6 Å². The molecule has 0 aliphatic carbocycles. The van der Waals surface area contributed by atoms with Gasteiger partial charge in [-0.25, -0.2) is 18.4 Å². The van der Waals surface area contributed by atoms with Gasteiger partial charge in [-0.15, -0.1) is 0 Å². The van der Waals surface area contributed by atoms with Gasteiger partial charge in [0.1, 0.15) is 5.69 Å². The molecule has 7 nitrogen and oxygen atoms in total. The summed E-state index contributed by atoms with van der Waals surface area (Å²) in [4.78, 5) is 10.9. The highest BCUT2D eigenvalue weighted by atomic mass is 32.2. The van der Waals surface area contributed by atoms with Gasteiger partial charge in [0.05, 0.1) is 33.4 Å². The molecule has 1 unspecified atom stereocenters. The zero-order chi connectivity index (χ0) is 24.1. The van der Waals surface area contributed by atoms with Crippen LogP contribution in [0, 0.1) is 0 Å². The molecular weight excluding hydrogens is 486 g/mol. The minimum absolute atomic E-state index is 0.0181. The summed E-state index contributed by atoms with van der Waals surface area (Å²) < 4.78 is 115. The minimum Gasteiger partial charge on any atom is -0.610 e. The van der Waals surface area contributed by atoms with Crippen molar-refractivity contribution >= 4 is 32.0 Å². The molecule has 0 aromatic carbocycles. The maximum atomic E-state index is 13.1. The third-order valence-corrected chi connectivity index (χ3v) is 7.40. The van der Waals surface area contributed by atoms with Crippen LogP contribution in [-0.4, -0.2) is 50.2 Å². The van der Waals surface area contributed by atoms with Gasteiger partial charge < -0.3 is 9.12 Å². The van der Waals surface area contributed by atoms with Crippen LogP contribution in [0.2, 0.25) is 0 Å². The van der Waals surface area contributed by atoms with Crippen LogP contribution in [0.15, 0.2) is 34.4 Å². The number of nitrogens with zero attached hydrogens (tertiary/aromatic N) is 4. The van der Waals surface area contributed by atoms with Crippen molar-refractivity contribution in [2.24, 2.45) is 7.05 Å². The van der Waals surface area contributed by atoms with Crippen LogP contribution in [0.5, 0.6) is 0 Å². The number of halogens is 6. The Kier molecular flexibility index (Phi) is 6.21. The molecule has 0 saturated carbocycles. The first-order chi connectivity index (χ1) is 14.6. The summed E-state index contributed by atoms with van der Waals surface area (Å²) in [5.74, 6) is -2.28. The second-order valence-electron chi connectivity index (χ2n) is 6.58. The standard InChI is InChI=1S/C17H14F6N4O3S2/c1-3-32(29,30)12-4-9(17(21,22)23)6-25-14(12)15-26-10-5-13(24-7-11(10)27(15)2)31(28)8-16(18,19)20/h4-7H,3,8H2,1-2H3. The normalized spacial score (nSPS) is 14.2. The van der Waals surface area contributed by atoms with Gasteiger partial charge in [0.15, 0.2) is 15.7 Å². The number of alkyl halides is 6. The van der Waals surface area contributed by atoms with Crippen LogP contribution in [-0.2, 0) is 34.2 Å². The molecule has 3 heterocycles. The average Bonchev–Trinajstić information content (AvgIpc) is 3.01. The molecule has 0 aliphatic rings. The predicted octanol–water partition coefficient (Wildman–Crippen LogP) is 3.51. The first-order valence-corrected chi connectivity index (χ1v) is 11.7. The van der Waals surface area contributed by atoms with Crippen molar-refractivity contribution in [1.29, 1.82) is 0 Å². The summed E-state index contributed by atoms with van der Waals surface area (Å²) in [6, 6.07) is 1.50. The van der Waals surface area contributed by atoms with E-state index in [2.05, 4.69) is 15.0 Å². The number of fused-ring (bicyclic) bond motifs is 1. The number of sulfone groups is 1. The first kappa shape index (κ1) is 24.3. The molecule has 32 heavy (non-hydrogen) atoms. The van der Waals surface area contributed by atoms with E-state index in [1.165, 1.54) is 18.5 Å². The van der Waals surface area contributed by atoms with E-state index in [0.717, 1.165) is 12.3 Å². The minimum atomic E-state index is -4.84. The summed E-state index contributed by atoms with van der Waals surface area (Å²) in [7, 11) is -2.76. The van der Waals surface area contributed by atoms with E-state index < -0.39 is 60.4 Å². The molecule has 0 bridgehead atoms. The summed E-state index contributed by atoms with van der Waals surface area (Å²) in [6.45, 7) is 1.25. The topological polar surface area (TPSA) is 101 Å². The smallest absolute Gasteiger partial charge is 0.433 e. The van der Waals surface area contributed by atoms with E-state index in [1.807, 2.05) is 0 Å². The Labute approximate surface area is 180 Å². The van der Waals surface area contributed by atoms with Crippen LogP contribution < -0.4 is 0 Å². The summed E-state index contributed by atoms with van der Waals surface area (Å²) in [5, 5.41) is -0.402. The number of aryl methyl sites for hydroxylation is 1. The van der Waals surface area contributed by atoms with E-state index in [1.54, 1.807) is 0 Å². The average molecular weight is 500 g/mol. The fourth-order valence-corrected chi connectivity index (χ4v) is 4.70. The van der Waals surface area contributed by atoms with Crippen molar-refractivity contribution in [1.82, 2.24) is 19.5 Å². The summed E-state index contributed by atoms with van der Waals surface area (Å²) in [6.07, 6.45) is -7.97. The van der Waals surface area contributed by atoms with Crippen molar-refractivity contribution in [3.05, 3.63) is 30.1 Å². The van der Waals surface area contributed by atoms with E-state index in [9.17, 15) is 39.3 Å². The predicted molar refractivity (Wildman–Crippen MR) is 102 cm³/mol. The largest absolute Gasteiger partial charge is 0.610 e. The lowest BCUT2D eigenvalue weighted by atomic mass is 10.2. The molecule has 174 valence electrons. The highest BCUT2D eigenvalue weighted by Gasteiger charge is 2.37. The van der Waals surface area contributed by atoms with Gasteiger partial charge in [-0.05, 0) is 6.07 Å². The van der Waals surface area contributed by atoms with Crippen LogP contribution in [0.3, 0.4) is 0 Å². The van der Waals surface area contributed by atoms with Gasteiger partial charge >= 0.3 is 12.4 Å². The Hall–Kier alpha value is -2.39. The van der Waals surface area contributed by atoms with E-state index in [0.29, 0.717) is 12.3 Å². The zero-order valence-electron chi connectivity index (χ0n) is 16.3. The number of aromatic nitrogens is 4. The highest BCUT2D eigenvalue weighted by molar-refractivity contribution is 7.91.